The molecule has 0 unspecified atom stereocenters. The Balaban J connectivity index is 2.93. The maximum Gasteiger partial charge on any atom is 0.151 e. The van der Waals surface area contributed by atoms with E-state index in [0.29, 0.717) is 10.6 Å². The lowest BCUT2D eigenvalue weighted by Gasteiger charge is -2.01. The zero-order chi connectivity index (χ0) is 9.42. The Kier molecular flexibility index (Phi) is 2.10. The lowest BCUT2D eigenvalue weighted by molar-refractivity contribution is 0.112. The molecule has 1 nitrogen and oxygen atoms in total. The molecule has 0 radical (unpaired) electrons. The summed E-state index contributed by atoms with van der Waals surface area (Å²) >= 11 is 7.60. The van der Waals surface area contributed by atoms with E-state index in [1.807, 2.05) is 24.4 Å². The molecule has 1 heterocycles. The van der Waals surface area contributed by atoms with Gasteiger partial charge >= 0.3 is 0 Å². The standard InChI is InChI=1S/C10H7ClOS/c1-6-4-7(5-12)9(11)10-8(6)2-3-13-10/h2-5H,1H3. The van der Waals surface area contributed by atoms with Crippen molar-refractivity contribution in [1.29, 1.82) is 0 Å². The van der Waals surface area contributed by atoms with Gasteiger partial charge in [-0.15, -0.1) is 11.3 Å². The molecule has 0 spiro atoms. The second kappa shape index (κ2) is 3.13. The van der Waals surface area contributed by atoms with E-state index < -0.39 is 0 Å². The number of aldehydes is 1. The summed E-state index contributed by atoms with van der Waals surface area (Å²) in [6, 6.07) is 3.85. The summed E-state index contributed by atoms with van der Waals surface area (Å²) in [6.45, 7) is 1.98. The minimum Gasteiger partial charge on any atom is -0.298 e. The van der Waals surface area contributed by atoms with Crippen molar-refractivity contribution < 1.29 is 4.79 Å². The number of fused-ring (bicyclic) bond motifs is 1. The lowest BCUT2D eigenvalue weighted by Crippen LogP contribution is -1.84. The maximum absolute atomic E-state index is 10.7. The van der Waals surface area contributed by atoms with Crippen molar-refractivity contribution >= 4 is 39.3 Å². The molecule has 0 atom stereocenters. The predicted octanol–water partition coefficient (Wildman–Crippen LogP) is 3.68. The predicted molar refractivity (Wildman–Crippen MR) is 57.0 cm³/mol. The highest BCUT2D eigenvalue weighted by Gasteiger charge is 2.08. The van der Waals surface area contributed by atoms with Gasteiger partial charge in [-0.25, -0.2) is 0 Å². The van der Waals surface area contributed by atoms with Gasteiger partial charge in [0.15, 0.2) is 6.29 Å². The molecule has 0 aliphatic carbocycles. The number of carbonyl (C=O) groups excluding carboxylic acids is 1. The van der Waals surface area contributed by atoms with Crippen LogP contribution >= 0.6 is 22.9 Å². The topological polar surface area (TPSA) is 17.1 Å². The quantitative estimate of drug-likeness (QED) is 0.657. The van der Waals surface area contributed by atoms with Crippen LogP contribution in [0, 0.1) is 6.92 Å². The molecule has 0 saturated carbocycles. The summed E-state index contributed by atoms with van der Waals surface area (Å²) in [7, 11) is 0. The van der Waals surface area contributed by atoms with Crippen LogP contribution < -0.4 is 0 Å². The molecular weight excluding hydrogens is 204 g/mol. The summed E-state index contributed by atoms with van der Waals surface area (Å²) in [5.74, 6) is 0. The van der Waals surface area contributed by atoms with E-state index in [1.54, 1.807) is 11.3 Å². The minimum atomic E-state index is 0.575. The molecule has 1 aromatic carbocycles. The molecule has 0 aliphatic rings. The van der Waals surface area contributed by atoms with Crippen LogP contribution in [0.25, 0.3) is 10.1 Å². The van der Waals surface area contributed by atoms with Gasteiger partial charge in [-0.05, 0) is 35.4 Å². The smallest absolute Gasteiger partial charge is 0.151 e. The normalized spacial score (nSPS) is 10.6. The Morgan fingerprint density at radius 2 is 2.31 bits per heavy atom. The molecule has 13 heavy (non-hydrogen) atoms. The van der Waals surface area contributed by atoms with E-state index in [4.69, 9.17) is 11.6 Å². The second-order valence-corrected chi connectivity index (χ2v) is 4.17. The molecule has 0 N–H and O–H groups in total. The van der Waals surface area contributed by atoms with Gasteiger partial charge in [0, 0.05) is 5.56 Å². The Morgan fingerprint density at radius 3 is 3.00 bits per heavy atom. The van der Waals surface area contributed by atoms with Crippen LogP contribution in [0.15, 0.2) is 17.5 Å². The largest absolute Gasteiger partial charge is 0.298 e. The lowest BCUT2D eigenvalue weighted by atomic mass is 10.1. The molecule has 3 heteroatoms. The minimum absolute atomic E-state index is 0.575. The summed E-state index contributed by atoms with van der Waals surface area (Å²) in [5, 5.41) is 3.70. The average molecular weight is 211 g/mol. The van der Waals surface area contributed by atoms with Gasteiger partial charge in [-0.2, -0.15) is 0 Å². The third-order valence-corrected chi connectivity index (χ3v) is 3.49. The third-order valence-electron chi connectivity index (χ3n) is 2.04. The van der Waals surface area contributed by atoms with Crippen molar-refractivity contribution in [1.82, 2.24) is 0 Å². The van der Waals surface area contributed by atoms with Crippen molar-refractivity contribution in [2.75, 3.05) is 0 Å². The molecule has 2 rings (SSSR count). The number of halogens is 1. The van der Waals surface area contributed by atoms with Crippen LogP contribution in [0.1, 0.15) is 15.9 Å². The Hall–Kier alpha value is -0.860. The van der Waals surface area contributed by atoms with Crippen molar-refractivity contribution in [3.8, 4) is 0 Å². The molecule has 0 bridgehead atoms. The highest BCUT2D eigenvalue weighted by Crippen LogP contribution is 2.33. The highest BCUT2D eigenvalue weighted by atomic mass is 35.5. The van der Waals surface area contributed by atoms with Crippen LogP contribution in [-0.2, 0) is 0 Å². The van der Waals surface area contributed by atoms with Gasteiger partial charge in [0.1, 0.15) is 0 Å². The average Bonchev–Trinajstić information content (AvgIpc) is 2.60. The second-order valence-electron chi connectivity index (χ2n) is 2.88. The van der Waals surface area contributed by atoms with E-state index in [9.17, 15) is 4.79 Å². The first-order valence-corrected chi connectivity index (χ1v) is 5.11. The van der Waals surface area contributed by atoms with Crippen LogP contribution in [0.5, 0.6) is 0 Å². The first-order valence-electron chi connectivity index (χ1n) is 3.85. The molecule has 2 aromatic rings. The molecule has 0 saturated heterocycles. The van der Waals surface area contributed by atoms with Crippen LogP contribution in [0.3, 0.4) is 0 Å². The van der Waals surface area contributed by atoms with E-state index in [1.165, 1.54) is 0 Å². The molecule has 0 fully saturated rings. The molecule has 0 aliphatic heterocycles. The van der Waals surface area contributed by atoms with Crippen molar-refractivity contribution in [3.63, 3.8) is 0 Å². The molecule has 66 valence electrons. The zero-order valence-corrected chi connectivity index (χ0v) is 8.58. The van der Waals surface area contributed by atoms with E-state index in [2.05, 4.69) is 0 Å². The maximum atomic E-state index is 10.7. The van der Waals surface area contributed by atoms with Gasteiger partial charge in [-0.3, -0.25) is 4.79 Å². The van der Waals surface area contributed by atoms with E-state index >= 15 is 0 Å². The monoisotopic (exact) mass is 210 g/mol. The van der Waals surface area contributed by atoms with Gasteiger partial charge < -0.3 is 0 Å². The first-order chi connectivity index (χ1) is 6.24. The number of rotatable bonds is 1. The highest BCUT2D eigenvalue weighted by molar-refractivity contribution is 7.18. The molecule has 0 amide bonds. The fraction of sp³-hybridized carbons (Fsp3) is 0.100. The Labute approximate surface area is 84.9 Å². The van der Waals surface area contributed by atoms with Crippen LogP contribution in [-0.4, -0.2) is 6.29 Å². The van der Waals surface area contributed by atoms with Crippen LogP contribution in [0.2, 0.25) is 5.02 Å². The van der Waals surface area contributed by atoms with Crippen molar-refractivity contribution in [2.45, 2.75) is 6.92 Å². The Bertz CT molecular complexity index is 473. The number of hydrogen-bond donors (Lipinski definition) is 0. The molecular formula is C10H7ClOS. The summed E-state index contributed by atoms with van der Waals surface area (Å²) in [6.07, 6.45) is 0.800. The van der Waals surface area contributed by atoms with Crippen molar-refractivity contribution in [3.05, 3.63) is 33.7 Å². The van der Waals surface area contributed by atoms with Gasteiger partial charge in [0.25, 0.3) is 0 Å². The number of aryl methyl sites for hydroxylation is 1. The fourth-order valence-electron chi connectivity index (χ4n) is 1.38. The zero-order valence-electron chi connectivity index (χ0n) is 7.00. The fourth-order valence-corrected chi connectivity index (χ4v) is 2.63. The van der Waals surface area contributed by atoms with E-state index in [-0.39, 0.29) is 0 Å². The van der Waals surface area contributed by atoms with Gasteiger partial charge in [0.2, 0.25) is 0 Å². The SMILES string of the molecule is Cc1cc(C=O)c(Cl)c2sccc12. The first kappa shape index (κ1) is 8.73. The summed E-state index contributed by atoms with van der Waals surface area (Å²) in [4.78, 5) is 10.7. The number of benzene rings is 1. The van der Waals surface area contributed by atoms with E-state index in [0.717, 1.165) is 21.9 Å². The van der Waals surface area contributed by atoms with Gasteiger partial charge in [-0.1, -0.05) is 11.6 Å². The number of carbonyl (C=O) groups is 1. The summed E-state index contributed by atoms with van der Waals surface area (Å²) in [5.41, 5.74) is 1.68. The third kappa shape index (κ3) is 1.26. The van der Waals surface area contributed by atoms with Crippen molar-refractivity contribution in [2.24, 2.45) is 0 Å². The van der Waals surface area contributed by atoms with Crippen LogP contribution in [0.4, 0.5) is 0 Å². The number of thiophene rings is 1. The number of hydrogen-bond acceptors (Lipinski definition) is 2. The molecule has 1 aromatic heterocycles. The Morgan fingerprint density at radius 1 is 1.54 bits per heavy atom. The van der Waals surface area contributed by atoms with Gasteiger partial charge in [0.05, 0.1) is 9.72 Å². The summed E-state index contributed by atoms with van der Waals surface area (Å²) < 4.78 is 1.00.